The molecule has 2 aromatic rings. The van der Waals surface area contributed by atoms with Crippen LogP contribution >= 0.6 is 11.6 Å². The van der Waals surface area contributed by atoms with Gasteiger partial charge in [-0.2, -0.15) is 0 Å². The first-order valence-electron chi connectivity index (χ1n) is 7.32. The Balaban J connectivity index is 1.78. The van der Waals surface area contributed by atoms with Gasteiger partial charge in [-0.15, -0.1) is 0 Å². The lowest BCUT2D eigenvalue weighted by Crippen LogP contribution is -2.22. The van der Waals surface area contributed by atoms with Crippen molar-refractivity contribution in [1.29, 1.82) is 0 Å². The molecule has 1 nitrogen and oxygen atoms in total. The fourth-order valence-electron chi connectivity index (χ4n) is 2.41. The number of rotatable bonds is 7. The van der Waals surface area contributed by atoms with Crippen LogP contribution in [-0.4, -0.2) is 6.54 Å². The minimum atomic E-state index is 0.419. The monoisotopic (exact) mass is 287 g/mol. The van der Waals surface area contributed by atoms with E-state index in [2.05, 4.69) is 54.7 Å². The van der Waals surface area contributed by atoms with Crippen molar-refractivity contribution in [2.45, 2.75) is 32.2 Å². The van der Waals surface area contributed by atoms with Crippen LogP contribution in [0.4, 0.5) is 0 Å². The Labute approximate surface area is 127 Å². The zero-order chi connectivity index (χ0) is 14.2. The molecule has 0 saturated carbocycles. The third-order valence-electron chi connectivity index (χ3n) is 3.56. The summed E-state index contributed by atoms with van der Waals surface area (Å²) >= 11 is 5.93. The van der Waals surface area contributed by atoms with Gasteiger partial charge in [0.15, 0.2) is 0 Å². The highest BCUT2D eigenvalue weighted by atomic mass is 35.5. The van der Waals surface area contributed by atoms with E-state index in [1.54, 1.807) is 0 Å². The van der Waals surface area contributed by atoms with Crippen molar-refractivity contribution in [3.63, 3.8) is 0 Å². The molecule has 0 aromatic heterocycles. The van der Waals surface area contributed by atoms with E-state index in [0.717, 1.165) is 30.8 Å². The quantitative estimate of drug-likeness (QED) is 0.706. The van der Waals surface area contributed by atoms with Crippen LogP contribution in [-0.2, 0) is 6.42 Å². The van der Waals surface area contributed by atoms with Gasteiger partial charge in [-0.25, -0.2) is 0 Å². The minimum absolute atomic E-state index is 0.419. The van der Waals surface area contributed by atoms with Crippen LogP contribution in [0.5, 0.6) is 0 Å². The number of nitrogens with one attached hydrogen (secondary N) is 1. The second-order valence-corrected chi connectivity index (χ2v) is 5.49. The van der Waals surface area contributed by atoms with Crippen molar-refractivity contribution < 1.29 is 0 Å². The molecule has 0 heterocycles. The Hall–Kier alpha value is -1.31. The van der Waals surface area contributed by atoms with E-state index in [4.69, 9.17) is 11.6 Å². The molecule has 1 unspecified atom stereocenters. The third kappa shape index (κ3) is 4.66. The Morgan fingerprint density at radius 3 is 2.35 bits per heavy atom. The SMILES string of the molecule is CCC(NCCCc1ccccc1)c1ccc(Cl)cc1. The summed E-state index contributed by atoms with van der Waals surface area (Å²) in [4.78, 5) is 0. The molecule has 1 N–H and O–H groups in total. The van der Waals surface area contributed by atoms with Gasteiger partial charge >= 0.3 is 0 Å². The maximum atomic E-state index is 5.93. The molecule has 0 amide bonds. The predicted molar refractivity (Wildman–Crippen MR) is 87.2 cm³/mol. The molecule has 0 fully saturated rings. The first-order chi connectivity index (χ1) is 9.79. The molecule has 0 aliphatic heterocycles. The Bertz CT molecular complexity index is 493. The zero-order valence-corrected chi connectivity index (χ0v) is 12.7. The van der Waals surface area contributed by atoms with Crippen LogP contribution in [0.25, 0.3) is 0 Å². The van der Waals surface area contributed by atoms with E-state index >= 15 is 0 Å². The molecule has 0 aliphatic rings. The first-order valence-corrected chi connectivity index (χ1v) is 7.70. The molecular formula is C18H22ClN. The van der Waals surface area contributed by atoms with Crippen LogP contribution < -0.4 is 5.32 Å². The van der Waals surface area contributed by atoms with Gasteiger partial charge in [0.2, 0.25) is 0 Å². The highest BCUT2D eigenvalue weighted by Gasteiger charge is 2.07. The predicted octanol–water partition coefficient (Wildman–Crippen LogP) is 5.01. The lowest BCUT2D eigenvalue weighted by molar-refractivity contribution is 0.510. The number of hydrogen-bond donors (Lipinski definition) is 1. The standard InChI is InChI=1S/C18H22ClN/c1-2-18(16-10-12-17(19)13-11-16)20-14-6-9-15-7-4-3-5-8-15/h3-5,7-8,10-13,18,20H,2,6,9,14H2,1H3. The fourth-order valence-corrected chi connectivity index (χ4v) is 2.53. The van der Waals surface area contributed by atoms with Crippen molar-refractivity contribution in [2.75, 3.05) is 6.54 Å². The maximum Gasteiger partial charge on any atom is 0.0406 e. The van der Waals surface area contributed by atoms with Crippen molar-refractivity contribution in [3.8, 4) is 0 Å². The molecular weight excluding hydrogens is 266 g/mol. The molecule has 2 aromatic carbocycles. The summed E-state index contributed by atoms with van der Waals surface area (Å²) in [6.07, 6.45) is 3.38. The van der Waals surface area contributed by atoms with Gasteiger partial charge in [-0.05, 0) is 49.1 Å². The van der Waals surface area contributed by atoms with E-state index in [1.807, 2.05) is 12.1 Å². The van der Waals surface area contributed by atoms with Gasteiger partial charge in [0, 0.05) is 11.1 Å². The van der Waals surface area contributed by atoms with Crippen LogP contribution in [0.3, 0.4) is 0 Å². The molecule has 20 heavy (non-hydrogen) atoms. The number of aryl methyl sites for hydroxylation is 1. The van der Waals surface area contributed by atoms with Crippen LogP contribution in [0, 0.1) is 0 Å². The van der Waals surface area contributed by atoms with Gasteiger partial charge < -0.3 is 5.32 Å². The molecule has 2 heteroatoms. The van der Waals surface area contributed by atoms with Gasteiger partial charge in [-0.1, -0.05) is 61.0 Å². The van der Waals surface area contributed by atoms with Gasteiger partial charge in [0.25, 0.3) is 0 Å². The number of benzene rings is 2. The van der Waals surface area contributed by atoms with Crippen molar-refractivity contribution in [2.24, 2.45) is 0 Å². The Morgan fingerprint density at radius 2 is 1.70 bits per heavy atom. The van der Waals surface area contributed by atoms with E-state index in [-0.39, 0.29) is 0 Å². The Morgan fingerprint density at radius 1 is 1.00 bits per heavy atom. The number of halogens is 1. The van der Waals surface area contributed by atoms with E-state index in [0.29, 0.717) is 6.04 Å². The fraction of sp³-hybridized carbons (Fsp3) is 0.333. The summed E-state index contributed by atoms with van der Waals surface area (Å²) < 4.78 is 0. The molecule has 0 radical (unpaired) electrons. The average molecular weight is 288 g/mol. The topological polar surface area (TPSA) is 12.0 Å². The summed E-state index contributed by atoms with van der Waals surface area (Å²) in [6, 6.07) is 19.2. The van der Waals surface area contributed by atoms with Gasteiger partial charge in [0.05, 0.1) is 0 Å². The molecule has 1 atom stereocenters. The Kier molecular flexibility index (Phi) is 6.10. The second-order valence-electron chi connectivity index (χ2n) is 5.06. The highest BCUT2D eigenvalue weighted by Crippen LogP contribution is 2.19. The highest BCUT2D eigenvalue weighted by molar-refractivity contribution is 6.30. The summed E-state index contributed by atoms with van der Waals surface area (Å²) in [5.74, 6) is 0. The molecule has 0 spiro atoms. The minimum Gasteiger partial charge on any atom is -0.310 e. The van der Waals surface area contributed by atoms with E-state index in [9.17, 15) is 0 Å². The molecule has 0 bridgehead atoms. The van der Waals surface area contributed by atoms with Crippen LogP contribution in [0.2, 0.25) is 5.02 Å². The smallest absolute Gasteiger partial charge is 0.0406 e. The second kappa shape index (κ2) is 8.08. The van der Waals surface area contributed by atoms with E-state index in [1.165, 1.54) is 11.1 Å². The van der Waals surface area contributed by atoms with Crippen molar-refractivity contribution >= 4 is 11.6 Å². The van der Waals surface area contributed by atoms with Crippen molar-refractivity contribution in [1.82, 2.24) is 5.32 Å². The molecule has 0 saturated heterocycles. The lowest BCUT2D eigenvalue weighted by atomic mass is 10.0. The zero-order valence-electron chi connectivity index (χ0n) is 12.0. The molecule has 0 aliphatic carbocycles. The third-order valence-corrected chi connectivity index (χ3v) is 3.81. The first kappa shape index (κ1) is 15.1. The van der Waals surface area contributed by atoms with Crippen molar-refractivity contribution in [3.05, 3.63) is 70.7 Å². The van der Waals surface area contributed by atoms with Crippen LogP contribution in [0.1, 0.15) is 36.9 Å². The number of hydrogen-bond acceptors (Lipinski definition) is 1. The van der Waals surface area contributed by atoms with E-state index < -0.39 is 0 Å². The normalized spacial score (nSPS) is 12.3. The van der Waals surface area contributed by atoms with Crippen LogP contribution in [0.15, 0.2) is 54.6 Å². The van der Waals surface area contributed by atoms with Gasteiger partial charge in [-0.3, -0.25) is 0 Å². The maximum absolute atomic E-state index is 5.93. The van der Waals surface area contributed by atoms with Gasteiger partial charge in [0.1, 0.15) is 0 Å². The molecule has 106 valence electrons. The summed E-state index contributed by atoms with van der Waals surface area (Å²) in [7, 11) is 0. The lowest BCUT2D eigenvalue weighted by Gasteiger charge is -2.17. The summed E-state index contributed by atoms with van der Waals surface area (Å²) in [5.41, 5.74) is 2.73. The largest absolute Gasteiger partial charge is 0.310 e. The summed E-state index contributed by atoms with van der Waals surface area (Å²) in [5, 5.41) is 4.43. The average Bonchev–Trinajstić information content (AvgIpc) is 2.50. The molecule has 2 rings (SSSR count). The summed E-state index contributed by atoms with van der Waals surface area (Å²) in [6.45, 7) is 3.25.